The molecule has 0 aliphatic carbocycles. The van der Waals surface area contributed by atoms with E-state index >= 15 is 0 Å². The predicted molar refractivity (Wildman–Crippen MR) is 154 cm³/mol. The van der Waals surface area contributed by atoms with Crippen LogP contribution in [0.4, 0.5) is 0 Å². The average molecular weight is 1030 g/mol. The van der Waals surface area contributed by atoms with Gasteiger partial charge in [0, 0.05) is 96.8 Å². The van der Waals surface area contributed by atoms with Gasteiger partial charge in [0.15, 0.2) is 0 Å². The van der Waals surface area contributed by atoms with Gasteiger partial charge in [-0.1, -0.05) is 39.8 Å². The van der Waals surface area contributed by atoms with Crippen molar-refractivity contribution in [3.63, 3.8) is 0 Å². The maximum atomic E-state index is 8.49. The van der Waals surface area contributed by atoms with Gasteiger partial charge in [0.2, 0.25) is 0 Å². The van der Waals surface area contributed by atoms with Gasteiger partial charge in [0.05, 0.1) is 0 Å². The summed E-state index contributed by atoms with van der Waals surface area (Å²) in [6.45, 7) is 11.7. The Morgan fingerprint density at radius 2 is 0.458 bits per heavy atom. The standard InChI is InChI=1S/2C13H25N5.4ClHO4.2Fe.H2O/c2*1-12(6-14,7-15)10-4-3-5-11(18-10)13(2,8-16)9-17;4*2-1(3,4)5;;;/h2*3-5H,6-9,14-17H2,1-2H3;4*(H,2,3,4,5);;;1H2/q;;;;;;2*+2;/p-4. The zero-order valence-corrected chi connectivity index (χ0v) is 37.1. The number of aromatic nitrogens is 2. The van der Waals surface area contributed by atoms with Crippen LogP contribution in [0.1, 0.15) is 50.5 Å². The maximum Gasteiger partial charge on any atom is 2.00 e. The summed E-state index contributed by atoms with van der Waals surface area (Å²) in [5.41, 5.74) is 48.8. The Bertz CT molecular complexity index is 1120. The summed E-state index contributed by atoms with van der Waals surface area (Å²) in [6, 6.07) is 11.7. The molecule has 59 heavy (non-hydrogen) atoms. The molecule has 0 aliphatic heterocycles. The van der Waals surface area contributed by atoms with E-state index in [2.05, 4.69) is 9.97 Å². The van der Waals surface area contributed by atoms with Crippen LogP contribution in [0, 0.1) is 41.0 Å². The Morgan fingerprint density at radius 1 is 0.356 bits per heavy atom. The Morgan fingerprint density at radius 3 is 0.542 bits per heavy atom. The van der Waals surface area contributed by atoms with Gasteiger partial charge in [-0.25, -0.2) is 74.5 Å². The van der Waals surface area contributed by atoms with E-state index in [1.54, 1.807) is 0 Å². The molecule has 2 heterocycles. The van der Waals surface area contributed by atoms with Crippen molar-refractivity contribution in [3.05, 3.63) is 59.2 Å². The molecule has 0 saturated heterocycles. The van der Waals surface area contributed by atoms with Gasteiger partial charge in [0.1, 0.15) is 0 Å². The summed E-state index contributed by atoms with van der Waals surface area (Å²) in [5.74, 6) is 0. The molecule has 2 aromatic heterocycles. The van der Waals surface area contributed by atoms with E-state index in [9.17, 15) is 0 Å². The number of nitrogens with two attached hydrogens (primary N) is 8. The van der Waals surface area contributed by atoms with E-state index in [1.807, 2.05) is 64.1 Å². The number of hydrogen-bond acceptors (Lipinski definition) is 26. The van der Waals surface area contributed by atoms with Crippen LogP contribution < -0.4 is 120 Å². The molecule has 0 aliphatic rings. The van der Waals surface area contributed by atoms with E-state index in [4.69, 9.17) is 120 Å². The molecule has 352 valence electrons. The van der Waals surface area contributed by atoms with Crippen LogP contribution in [0.3, 0.4) is 0 Å². The van der Waals surface area contributed by atoms with Gasteiger partial charge in [-0.15, -0.1) is 41.0 Å². The quantitative estimate of drug-likeness (QED) is 0.0915. The first kappa shape index (κ1) is 72.9. The third-order valence-corrected chi connectivity index (χ3v) is 7.58. The maximum absolute atomic E-state index is 8.49. The average Bonchev–Trinajstić information content (AvgIpc) is 3.07. The normalized spacial score (nSPS) is 11.9. The molecule has 33 heteroatoms. The van der Waals surface area contributed by atoms with Crippen LogP contribution in [0.25, 0.3) is 0 Å². The minimum absolute atomic E-state index is 0. The third kappa shape index (κ3) is 38.9. The number of pyridine rings is 2. The molecule has 18 N–H and O–H groups in total. The van der Waals surface area contributed by atoms with Crippen molar-refractivity contribution in [1.82, 2.24) is 9.97 Å². The van der Waals surface area contributed by atoms with Crippen LogP contribution in [-0.2, 0) is 55.8 Å². The number of nitrogens with zero attached hydrogens (tertiary/aromatic N) is 2. The van der Waals surface area contributed by atoms with Crippen molar-refractivity contribution in [2.75, 3.05) is 52.4 Å². The fourth-order valence-corrected chi connectivity index (χ4v) is 3.38. The van der Waals surface area contributed by atoms with Crippen molar-refractivity contribution in [1.29, 1.82) is 0 Å². The molecule has 0 bridgehead atoms. The van der Waals surface area contributed by atoms with E-state index in [1.165, 1.54) is 0 Å². The van der Waals surface area contributed by atoms with E-state index < -0.39 is 41.0 Å². The molecule has 0 saturated carbocycles. The zero-order valence-electron chi connectivity index (χ0n) is 31.9. The summed E-state index contributed by atoms with van der Waals surface area (Å²) in [7, 11) is -19.8. The SMILES string of the molecule is CC(CN)(CN)c1cccc(C(C)(CN)CN)n1.CC(CN)(CN)c1cccc(C(C)(CN)CN)n1.O.[Fe+2].[Fe+2].[O-][Cl+3]([O-])([O-])[O-].[O-][Cl+3]([O-])([O-])[O-].[O-][Cl+3]([O-])([O-])[O-].[O-][Cl+3]([O-])([O-])[O-]. The largest absolute Gasteiger partial charge is 2.00 e. The summed E-state index contributed by atoms with van der Waals surface area (Å²) in [4.78, 5) is 9.36. The molecule has 0 fully saturated rings. The molecule has 0 radical (unpaired) electrons. The van der Waals surface area contributed by atoms with Crippen molar-refractivity contribution in [2.24, 2.45) is 45.9 Å². The van der Waals surface area contributed by atoms with E-state index in [0.29, 0.717) is 52.4 Å². The topological polar surface area (TPSA) is 634 Å². The van der Waals surface area contributed by atoms with Crippen LogP contribution in [0.5, 0.6) is 0 Å². The fraction of sp³-hybridized carbons (Fsp3) is 0.615. The smallest absolute Gasteiger partial charge is 0.412 e. The Kier molecular flexibility index (Phi) is 39.8. The van der Waals surface area contributed by atoms with Crippen molar-refractivity contribution < 1.29 is 155 Å². The van der Waals surface area contributed by atoms with Crippen LogP contribution in [0.15, 0.2) is 36.4 Å². The van der Waals surface area contributed by atoms with Gasteiger partial charge in [0.25, 0.3) is 0 Å². The van der Waals surface area contributed by atoms with E-state index in [-0.39, 0.29) is 61.3 Å². The molecular formula is C26H52Cl4Fe2N10O17. The number of rotatable bonds is 12. The van der Waals surface area contributed by atoms with Crippen molar-refractivity contribution >= 4 is 0 Å². The minimum atomic E-state index is -4.94. The molecule has 2 rings (SSSR count). The molecule has 0 atom stereocenters. The number of halogens is 4. The third-order valence-electron chi connectivity index (χ3n) is 7.58. The molecule has 27 nitrogen and oxygen atoms in total. The second-order valence-electron chi connectivity index (χ2n) is 12.2. The van der Waals surface area contributed by atoms with Crippen molar-refractivity contribution in [2.45, 2.75) is 49.4 Å². The van der Waals surface area contributed by atoms with Crippen LogP contribution in [-0.4, -0.2) is 67.8 Å². The summed E-state index contributed by atoms with van der Waals surface area (Å²) in [6.07, 6.45) is 0. The summed E-state index contributed by atoms with van der Waals surface area (Å²) < 4.78 is 136. The van der Waals surface area contributed by atoms with Gasteiger partial charge in [-0.05, 0) is 24.3 Å². The molecule has 0 amide bonds. The van der Waals surface area contributed by atoms with Gasteiger partial charge >= 0.3 is 34.1 Å². The van der Waals surface area contributed by atoms with Crippen molar-refractivity contribution in [3.8, 4) is 0 Å². The molecule has 2 aromatic rings. The first-order chi connectivity index (χ1) is 24.9. The second kappa shape index (κ2) is 32.2. The summed E-state index contributed by atoms with van der Waals surface area (Å²) >= 11 is 0. The Labute approximate surface area is 370 Å². The Balaban J connectivity index is -0.000000122. The van der Waals surface area contributed by atoms with Gasteiger partial charge in [-0.2, -0.15) is 0 Å². The second-order valence-corrected chi connectivity index (χ2v) is 15.2. The Hall–Kier alpha value is -0.501. The predicted octanol–water partition coefficient (Wildman–Crippen LogP) is -21.0. The first-order valence-corrected chi connectivity index (χ1v) is 19.9. The van der Waals surface area contributed by atoms with Crippen LogP contribution in [0.2, 0.25) is 0 Å². The monoisotopic (exact) mass is 1030 g/mol. The molecular weight excluding hydrogens is 978 g/mol. The molecule has 0 spiro atoms. The minimum Gasteiger partial charge on any atom is -0.412 e. The molecule has 0 aromatic carbocycles. The van der Waals surface area contributed by atoms with Crippen LogP contribution >= 0.6 is 0 Å². The molecule has 0 unspecified atom stereocenters. The fourth-order valence-electron chi connectivity index (χ4n) is 3.38. The first-order valence-electron chi connectivity index (χ1n) is 14.9. The summed E-state index contributed by atoms with van der Waals surface area (Å²) in [5, 5.41) is 0. The van der Waals surface area contributed by atoms with Gasteiger partial charge < -0.3 is 51.3 Å². The zero-order chi connectivity index (χ0) is 45.6. The number of hydrogen-bond donors (Lipinski definition) is 8. The van der Waals surface area contributed by atoms with Gasteiger partial charge in [-0.3, -0.25) is 9.97 Å². The van der Waals surface area contributed by atoms with E-state index in [0.717, 1.165) is 22.8 Å².